The highest BCUT2D eigenvalue weighted by atomic mass is 16.5. The summed E-state index contributed by atoms with van der Waals surface area (Å²) in [5.41, 5.74) is 6.90. The van der Waals surface area contributed by atoms with Gasteiger partial charge in [-0.05, 0) is 19.2 Å². The van der Waals surface area contributed by atoms with Crippen molar-refractivity contribution in [2.24, 2.45) is 5.73 Å². The molecule has 2 aromatic carbocycles. The Kier molecular flexibility index (Phi) is 4.58. The molecule has 20 heavy (non-hydrogen) atoms. The molecule has 0 aliphatic rings. The number of ether oxygens (including phenoxy) is 1. The van der Waals surface area contributed by atoms with Gasteiger partial charge in [0, 0.05) is 23.5 Å². The maximum absolute atomic E-state index is 11.6. The number of rotatable bonds is 5. The van der Waals surface area contributed by atoms with E-state index in [9.17, 15) is 4.79 Å². The van der Waals surface area contributed by atoms with E-state index in [1.54, 1.807) is 0 Å². The summed E-state index contributed by atoms with van der Waals surface area (Å²) in [4.78, 5) is 11.6. The largest absolute Gasteiger partial charge is 0.483 e. The summed E-state index contributed by atoms with van der Waals surface area (Å²) in [5.74, 6) is 0.570. The Hall–Kier alpha value is -2.07. The van der Waals surface area contributed by atoms with Gasteiger partial charge in [-0.3, -0.25) is 4.79 Å². The third-order valence-corrected chi connectivity index (χ3v) is 3.12. The van der Waals surface area contributed by atoms with Crippen molar-refractivity contribution in [3.63, 3.8) is 0 Å². The molecular weight excluding hydrogens is 252 g/mol. The minimum Gasteiger partial charge on any atom is -0.483 e. The molecule has 4 nitrogen and oxygen atoms in total. The lowest BCUT2D eigenvalue weighted by Gasteiger charge is -2.16. The van der Waals surface area contributed by atoms with Crippen LogP contribution in [0.5, 0.6) is 5.75 Å². The smallest absolute Gasteiger partial charge is 0.257 e. The Morgan fingerprint density at radius 2 is 2.05 bits per heavy atom. The van der Waals surface area contributed by atoms with Crippen LogP contribution in [0.1, 0.15) is 25.5 Å². The molecule has 1 amide bonds. The van der Waals surface area contributed by atoms with Gasteiger partial charge < -0.3 is 15.8 Å². The van der Waals surface area contributed by atoms with Crippen LogP contribution in [0.4, 0.5) is 0 Å². The third-order valence-electron chi connectivity index (χ3n) is 3.12. The van der Waals surface area contributed by atoms with E-state index in [1.807, 2.05) is 50.2 Å². The summed E-state index contributed by atoms with van der Waals surface area (Å²) in [6, 6.07) is 11.7. The monoisotopic (exact) mass is 272 g/mol. The van der Waals surface area contributed by atoms with Crippen LogP contribution in [0.15, 0.2) is 36.4 Å². The predicted molar refractivity (Wildman–Crippen MR) is 80.7 cm³/mol. The number of carbonyl (C=O) groups excluding carboxylic acids is 1. The fourth-order valence-corrected chi connectivity index (χ4v) is 2.17. The fraction of sp³-hybridized carbons (Fsp3) is 0.312. The van der Waals surface area contributed by atoms with Crippen LogP contribution < -0.4 is 15.8 Å². The highest BCUT2D eigenvalue weighted by Crippen LogP contribution is 2.32. The Morgan fingerprint density at radius 3 is 2.75 bits per heavy atom. The van der Waals surface area contributed by atoms with E-state index in [2.05, 4.69) is 5.32 Å². The molecular formula is C16H20N2O2. The average Bonchev–Trinajstić information content (AvgIpc) is 2.44. The zero-order valence-corrected chi connectivity index (χ0v) is 11.8. The number of nitrogens with two attached hydrogens (primary N) is 1. The van der Waals surface area contributed by atoms with E-state index in [0.717, 1.165) is 16.3 Å². The van der Waals surface area contributed by atoms with Crippen molar-refractivity contribution in [2.45, 2.75) is 19.9 Å². The summed E-state index contributed by atoms with van der Waals surface area (Å²) in [6.45, 7) is 4.38. The highest BCUT2D eigenvalue weighted by Gasteiger charge is 2.13. The first-order chi connectivity index (χ1) is 9.63. The molecule has 0 aliphatic carbocycles. The number of hydrogen-bond acceptors (Lipinski definition) is 3. The van der Waals surface area contributed by atoms with Crippen LogP contribution >= 0.6 is 0 Å². The van der Waals surface area contributed by atoms with Crippen molar-refractivity contribution in [2.75, 3.05) is 13.2 Å². The Labute approximate surface area is 118 Å². The maximum Gasteiger partial charge on any atom is 0.257 e. The summed E-state index contributed by atoms with van der Waals surface area (Å²) in [7, 11) is 0. The number of hydrogen-bond donors (Lipinski definition) is 2. The van der Waals surface area contributed by atoms with E-state index in [-0.39, 0.29) is 18.6 Å². The molecule has 2 aromatic rings. The summed E-state index contributed by atoms with van der Waals surface area (Å²) in [6.07, 6.45) is 0. The molecule has 0 unspecified atom stereocenters. The van der Waals surface area contributed by atoms with Crippen molar-refractivity contribution in [1.82, 2.24) is 5.32 Å². The van der Waals surface area contributed by atoms with Crippen LogP contribution in [0, 0.1) is 0 Å². The van der Waals surface area contributed by atoms with Gasteiger partial charge in [-0.1, -0.05) is 36.4 Å². The number of amides is 1. The van der Waals surface area contributed by atoms with Crippen molar-refractivity contribution >= 4 is 16.7 Å². The number of benzene rings is 2. The quantitative estimate of drug-likeness (QED) is 0.878. The zero-order valence-electron chi connectivity index (χ0n) is 11.8. The van der Waals surface area contributed by atoms with Crippen molar-refractivity contribution in [3.8, 4) is 5.75 Å². The molecule has 2 rings (SSSR count). The maximum atomic E-state index is 11.6. The second kappa shape index (κ2) is 6.39. The first kappa shape index (κ1) is 14.3. The summed E-state index contributed by atoms with van der Waals surface area (Å²) < 4.78 is 5.73. The lowest BCUT2D eigenvalue weighted by atomic mass is 10.0. The molecule has 1 atom stereocenters. The molecule has 0 saturated heterocycles. The lowest BCUT2D eigenvalue weighted by Crippen LogP contribution is -2.28. The molecule has 0 aliphatic heterocycles. The fourth-order valence-electron chi connectivity index (χ4n) is 2.17. The molecule has 0 bridgehead atoms. The Morgan fingerprint density at radius 1 is 1.30 bits per heavy atom. The predicted octanol–water partition coefficient (Wildman–Crippen LogP) is 2.37. The normalized spacial score (nSPS) is 12.2. The van der Waals surface area contributed by atoms with Crippen molar-refractivity contribution in [3.05, 3.63) is 42.0 Å². The van der Waals surface area contributed by atoms with Gasteiger partial charge in [0.25, 0.3) is 5.91 Å². The van der Waals surface area contributed by atoms with Crippen LogP contribution in [-0.2, 0) is 4.79 Å². The van der Waals surface area contributed by atoms with Gasteiger partial charge in [0.1, 0.15) is 5.75 Å². The SMILES string of the molecule is CCNC(=O)COc1c([C@H](C)N)ccc2ccccc12. The van der Waals surface area contributed by atoms with Crippen LogP contribution in [0.3, 0.4) is 0 Å². The van der Waals surface area contributed by atoms with Gasteiger partial charge in [-0.2, -0.15) is 0 Å². The Bertz CT molecular complexity index is 608. The number of likely N-dealkylation sites (N-methyl/N-ethyl adjacent to an activating group) is 1. The van der Waals surface area contributed by atoms with Crippen LogP contribution in [-0.4, -0.2) is 19.1 Å². The summed E-state index contributed by atoms with van der Waals surface area (Å²) in [5, 5.41) is 4.77. The van der Waals surface area contributed by atoms with Crippen LogP contribution in [0.2, 0.25) is 0 Å². The molecule has 0 saturated carbocycles. The first-order valence-electron chi connectivity index (χ1n) is 6.80. The van der Waals surface area contributed by atoms with Gasteiger partial charge in [-0.15, -0.1) is 0 Å². The topological polar surface area (TPSA) is 64.3 Å². The first-order valence-corrected chi connectivity index (χ1v) is 6.80. The number of fused-ring (bicyclic) bond motifs is 1. The minimum absolute atomic E-state index is 0.00156. The molecule has 0 radical (unpaired) electrons. The van der Waals surface area contributed by atoms with Crippen molar-refractivity contribution in [1.29, 1.82) is 0 Å². The third kappa shape index (κ3) is 3.08. The lowest BCUT2D eigenvalue weighted by molar-refractivity contribution is -0.122. The molecule has 0 spiro atoms. The van der Waals surface area contributed by atoms with Gasteiger partial charge >= 0.3 is 0 Å². The second-order valence-electron chi connectivity index (χ2n) is 4.74. The van der Waals surface area contributed by atoms with Gasteiger partial charge in [0.15, 0.2) is 6.61 Å². The molecule has 0 fully saturated rings. The van der Waals surface area contributed by atoms with E-state index >= 15 is 0 Å². The number of nitrogens with one attached hydrogen (secondary N) is 1. The zero-order chi connectivity index (χ0) is 14.5. The van der Waals surface area contributed by atoms with Gasteiger partial charge in [0.05, 0.1) is 0 Å². The molecule has 106 valence electrons. The number of carbonyl (C=O) groups is 1. The van der Waals surface area contributed by atoms with E-state index in [0.29, 0.717) is 12.3 Å². The second-order valence-corrected chi connectivity index (χ2v) is 4.74. The van der Waals surface area contributed by atoms with E-state index < -0.39 is 0 Å². The highest BCUT2D eigenvalue weighted by molar-refractivity contribution is 5.90. The summed E-state index contributed by atoms with van der Waals surface area (Å²) >= 11 is 0. The van der Waals surface area contributed by atoms with Crippen molar-refractivity contribution < 1.29 is 9.53 Å². The minimum atomic E-state index is -0.149. The van der Waals surface area contributed by atoms with E-state index in [1.165, 1.54) is 0 Å². The molecule has 4 heteroatoms. The molecule has 3 N–H and O–H groups in total. The van der Waals surface area contributed by atoms with Gasteiger partial charge in [0.2, 0.25) is 0 Å². The van der Waals surface area contributed by atoms with Crippen LogP contribution in [0.25, 0.3) is 10.8 Å². The Balaban J connectivity index is 2.37. The molecule has 0 aromatic heterocycles. The van der Waals surface area contributed by atoms with Gasteiger partial charge in [-0.25, -0.2) is 0 Å². The average molecular weight is 272 g/mol. The standard InChI is InChI=1S/C16H20N2O2/c1-3-18-15(19)10-20-16-13(11(2)17)9-8-12-6-4-5-7-14(12)16/h4-9,11H,3,10,17H2,1-2H3,(H,18,19)/t11-/m0/s1. The molecule has 0 heterocycles. The van der Waals surface area contributed by atoms with E-state index in [4.69, 9.17) is 10.5 Å².